The van der Waals surface area contributed by atoms with Gasteiger partial charge in [0.15, 0.2) is 0 Å². The highest BCUT2D eigenvalue weighted by Gasteiger charge is 2.21. The Morgan fingerprint density at radius 3 is 2.59 bits per heavy atom. The standard InChI is InChI=1S/C17H23NO4/c1-11(2)8-9-22-15-7-5-6-14(10-15)16(19)18-13(4)12(3)17(20)21/h5-8,10,12-13H,9H2,1-4H3,(H,18,19)(H,20,21). The highest BCUT2D eigenvalue weighted by atomic mass is 16.5. The first-order valence-corrected chi connectivity index (χ1v) is 7.21. The Morgan fingerprint density at radius 1 is 1.32 bits per heavy atom. The van der Waals surface area contributed by atoms with E-state index in [9.17, 15) is 9.59 Å². The summed E-state index contributed by atoms with van der Waals surface area (Å²) in [7, 11) is 0. The number of benzene rings is 1. The summed E-state index contributed by atoms with van der Waals surface area (Å²) in [5.74, 6) is -1.30. The molecule has 0 saturated heterocycles. The molecule has 0 saturated carbocycles. The number of carbonyl (C=O) groups excluding carboxylic acids is 1. The molecule has 5 heteroatoms. The van der Waals surface area contributed by atoms with E-state index < -0.39 is 17.9 Å². The summed E-state index contributed by atoms with van der Waals surface area (Å²) in [6.45, 7) is 7.65. The molecule has 0 fully saturated rings. The first-order valence-electron chi connectivity index (χ1n) is 7.21. The summed E-state index contributed by atoms with van der Waals surface area (Å²) in [6, 6.07) is 6.37. The molecule has 1 rings (SSSR count). The number of ether oxygens (including phenoxy) is 1. The molecule has 0 bridgehead atoms. The number of hydrogen-bond acceptors (Lipinski definition) is 3. The minimum atomic E-state index is -0.938. The highest BCUT2D eigenvalue weighted by molar-refractivity contribution is 5.95. The van der Waals surface area contributed by atoms with Crippen molar-refractivity contribution in [2.24, 2.45) is 5.92 Å². The molecular formula is C17H23NO4. The molecule has 120 valence electrons. The number of carbonyl (C=O) groups is 2. The van der Waals surface area contributed by atoms with Crippen LogP contribution in [0.2, 0.25) is 0 Å². The monoisotopic (exact) mass is 305 g/mol. The summed E-state index contributed by atoms with van der Waals surface area (Å²) in [5, 5.41) is 11.6. The Bertz CT molecular complexity index is 562. The summed E-state index contributed by atoms with van der Waals surface area (Å²) >= 11 is 0. The lowest BCUT2D eigenvalue weighted by Gasteiger charge is -2.18. The fraction of sp³-hybridized carbons (Fsp3) is 0.412. The van der Waals surface area contributed by atoms with Crippen molar-refractivity contribution in [3.63, 3.8) is 0 Å². The molecule has 0 spiro atoms. The van der Waals surface area contributed by atoms with Crippen LogP contribution in [0.4, 0.5) is 0 Å². The van der Waals surface area contributed by atoms with Crippen molar-refractivity contribution in [2.75, 3.05) is 6.61 Å². The van der Waals surface area contributed by atoms with Gasteiger partial charge in [0, 0.05) is 11.6 Å². The van der Waals surface area contributed by atoms with Gasteiger partial charge in [0.2, 0.25) is 0 Å². The largest absolute Gasteiger partial charge is 0.490 e. The van der Waals surface area contributed by atoms with Crippen LogP contribution in [0.15, 0.2) is 35.9 Å². The van der Waals surface area contributed by atoms with Crippen molar-refractivity contribution in [1.29, 1.82) is 0 Å². The molecule has 1 amide bonds. The smallest absolute Gasteiger partial charge is 0.308 e. The highest BCUT2D eigenvalue weighted by Crippen LogP contribution is 2.14. The van der Waals surface area contributed by atoms with Crippen LogP contribution in [-0.2, 0) is 4.79 Å². The predicted molar refractivity (Wildman–Crippen MR) is 85.1 cm³/mol. The van der Waals surface area contributed by atoms with Crippen molar-refractivity contribution < 1.29 is 19.4 Å². The second kappa shape index (κ2) is 8.22. The quantitative estimate of drug-likeness (QED) is 0.760. The number of rotatable bonds is 7. The molecular weight excluding hydrogens is 282 g/mol. The van der Waals surface area contributed by atoms with Gasteiger partial charge in [-0.1, -0.05) is 11.6 Å². The second-order valence-electron chi connectivity index (χ2n) is 5.51. The van der Waals surface area contributed by atoms with E-state index in [0.717, 1.165) is 5.57 Å². The minimum Gasteiger partial charge on any atom is -0.490 e. The van der Waals surface area contributed by atoms with Crippen LogP contribution in [0.25, 0.3) is 0 Å². The van der Waals surface area contributed by atoms with Crippen molar-refractivity contribution in [3.8, 4) is 5.75 Å². The molecule has 0 aliphatic rings. The van der Waals surface area contributed by atoms with Gasteiger partial charge in [0.25, 0.3) is 5.91 Å². The maximum atomic E-state index is 12.1. The van der Waals surface area contributed by atoms with E-state index >= 15 is 0 Å². The number of carboxylic acids is 1. The van der Waals surface area contributed by atoms with Crippen LogP contribution < -0.4 is 10.1 Å². The molecule has 22 heavy (non-hydrogen) atoms. The van der Waals surface area contributed by atoms with E-state index in [1.54, 1.807) is 38.1 Å². The number of nitrogens with one attached hydrogen (secondary N) is 1. The maximum absolute atomic E-state index is 12.1. The molecule has 1 aromatic carbocycles. The Morgan fingerprint density at radius 2 is 2.00 bits per heavy atom. The fourth-order valence-corrected chi connectivity index (χ4v) is 1.66. The van der Waals surface area contributed by atoms with Crippen LogP contribution in [0.3, 0.4) is 0 Å². The molecule has 0 aliphatic carbocycles. The topological polar surface area (TPSA) is 75.6 Å². The molecule has 0 aromatic heterocycles. The molecule has 2 atom stereocenters. The average Bonchev–Trinajstić information content (AvgIpc) is 2.46. The van der Waals surface area contributed by atoms with Gasteiger partial charge in [-0.15, -0.1) is 0 Å². The molecule has 2 N–H and O–H groups in total. The Labute approximate surface area is 131 Å². The van der Waals surface area contributed by atoms with Gasteiger partial charge in [-0.3, -0.25) is 9.59 Å². The third kappa shape index (κ3) is 5.60. The van der Waals surface area contributed by atoms with Gasteiger partial charge in [-0.25, -0.2) is 0 Å². The predicted octanol–water partition coefficient (Wildman–Crippen LogP) is 2.87. The van der Waals surface area contributed by atoms with Crippen molar-refractivity contribution in [2.45, 2.75) is 33.7 Å². The maximum Gasteiger partial charge on any atom is 0.308 e. The number of hydrogen-bond donors (Lipinski definition) is 2. The van der Waals surface area contributed by atoms with Crippen LogP contribution in [0, 0.1) is 5.92 Å². The van der Waals surface area contributed by atoms with Crippen LogP contribution in [0.5, 0.6) is 5.75 Å². The third-order valence-electron chi connectivity index (χ3n) is 3.34. The number of aliphatic carboxylic acids is 1. The third-order valence-corrected chi connectivity index (χ3v) is 3.34. The Kier molecular flexibility index (Phi) is 6.63. The summed E-state index contributed by atoms with van der Waals surface area (Å²) < 4.78 is 5.55. The Hall–Kier alpha value is -2.30. The number of amides is 1. The Balaban J connectivity index is 2.70. The molecule has 0 heterocycles. The van der Waals surface area contributed by atoms with Gasteiger partial charge < -0.3 is 15.2 Å². The zero-order valence-corrected chi connectivity index (χ0v) is 13.4. The van der Waals surface area contributed by atoms with Gasteiger partial charge in [-0.2, -0.15) is 0 Å². The van der Waals surface area contributed by atoms with Gasteiger partial charge >= 0.3 is 5.97 Å². The van der Waals surface area contributed by atoms with Crippen LogP contribution in [0.1, 0.15) is 38.1 Å². The van der Waals surface area contributed by atoms with Crippen LogP contribution in [-0.4, -0.2) is 29.6 Å². The average molecular weight is 305 g/mol. The summed E-state index contributed by atoms with van der Waals surface area (Å²) in [6.07, 6.45) is 1.95. The molecule has 0 aliphatic heterocycles. The first-order chi connectivity index (χ1) is 10.3. The van der Waals surface area contributed by atoms with Crippen molar-refractivity contribution in [3.05, 3.63) is 41.5 Å². The normalized spacial score (nSPS) is 12.9. The molecule has 2 unspecified atom stereocenters. The fourth-order valence-electron chi connectivity index (χ4n) is 1.66. The van der Waals surface area contributed by atoms with E-state index in [2.05, 4.69) is 5.32 Å². The number of carboxylic acid groups (broad SMARTS) is 1. The molecule has 1 aromatic rings. The second-order valence-corrected chi connectivity index (χ2v) is 5.51. The molecule has 5 nitrogen and oxygen atoms in total. The summed E-state index contributed by atoms with van der Waals surface area (Å²) in [5.41, 5.74) is 1.60. The lowest BCUT2D eigenvalue weighted by Crippen LogP contribution is -2.40. The zero-order valence-electron chi connectivity index (χ0n) is 13.4. The summed E-state index contributed by atoms with van der Waals surface area (Å²) in [4.78, 5) is 23.1. The lowest BCUT2D eigenvalue weighted by molar-refractivity contribution is -0.141. The van der Waals surface area contributed by atoms with E-state index in [4.69, 9.17) is 9.84 Å². The van der Waals surface area contributed by atoms with Crippen molar-refractivity contribution in [1.82, 2.24) is 5.32 Å². The van der Waals surface area contributed by atoms with E-state index in [-0.39, 0.29) is 5.91 Å². The van der Waals surface area contributed by atoms with E-state index in [0.29, 0.717) is 17.9 Å². The zero-order chi connectivity index (χ0) is 16.7. The first kappa shape index (κ1) is 17.8. The van der Waals surface area contributed by atoms with E-state index in [1.165, 1.54) is 0 Å². The SMILES string of the molecule is CC(C)=CCOc1cccc(C(=O)NC(C)C(C)C(=O)O)c1. The van der Waals surface area contributed by atoms with Gasteiger partial charge in [0.05, 0.1) is 5.92 Å². The van der Waals surface area contributed by atoms with Gasteiger partial charge in [-0.05, 0) is 52.0 Å². The van der Waals surface area contributed by atoms with Crippen molar-refractivity contribution >= 4 is 11.9 Å². The minimum absolute atomic E-state index is 0.312. The number of allylic oxidation sites excluding steroid dienone is 1. The lowest BCUT2D eigenvalue weighted by atomic mass is 10.0. The van der Waals surface area contributed by atoms with Gasteiger partial charge in [0.1, 0.15) is 12.4 Å². The molecule has 0 radical (unpaired) electrons. The van der Waals surface area contributed by atoms with Crippen LogP contribution >= 0.6 is 0 Å². The van der Waals surface area contributed by atoms with E-state index in [1.807, 2.05) is 19.9 Å².